The molecule has 100 valence electrons. The molecule has 0 bridgehead atoms. The number of aromatic nitrogens is 2. The van der Waals surface area contributed by atoms with E-state index in [0.717, 1.165) is 11.1 Å². The van der Waals surface area contributed by atoms with Crippen molar-refractivity contribution in [3.63, 3.8) is 0 Å². The Labute approximate surface area is 117 Å². The highest BCUT2D eigenvalue weighted by Gasteiger charge is 2.11. The zero-order chi connectivity index (χ0) is 14.1. The summed E-state index contributed by atoms with van der Waals surface area (Å²) in [6.45, 7) is 4.14. The van der Waals surface area contributed by atoms with Gasteiger partial charge in [0.15, 0.2) is 0 Å². The number of anilines is 1. The molecule has 0 saturated carbocycles. The standard InChI is InChI=1S/C16H15N3O/c1-10-6-7-12(8-11(10)2)15-18-16(20-19-15)13-4-3-5-14(17)9-13/h3-9H,17H2,1-2H3. The zero-order valence-electron chi connectivity index (χ0n) is 11.4. The van der Waals surface area contributed by atoms with Gasteiger partial charge in [0.25, 0.3) is 5.89 Å². The minimum absolute atomic E-state index is 0.477. The third-order valence-corrected chi connectivity index (χ3v) is 3.32. The van der Waals surface area contributed by atoms with Crippen molar-refractivity contribution in [3.05, 3.63) is 53.6 Å². The van der Waals surface area contributed by atoms with E-state index in [9.17, 15) is 0 Å². The van der Waals surface area contributed by atoms with Gasteiger partial charge in [0, 0.05) is 16.8 Å². The van der Waals surface area contributed by atoms with Crippen LogP contribution in [0.2, 0.25) is 0 Å². The number of nitrogens with two attached hydrogens (primary N) is 1. The Bertz CT molecular complexity index is 762. The number of hydrogen-bond donors (Lipinski definition) is 1. The molecule has 0 radical (unpaired) electrons. The fourth-order valence-corrected chi connectivity index (χ4v) is 2.01. The quantitative estimate of drug-likeness (QED) is 0.719. The first-order chi connectivity index (χ1) is 9.63. The lowest BCUT2D eigenvalue weighted by atomic mass is 10.1. The highest BCUT2D eigenvalue weighted by molar-refractivity contribution is 5.63. The molecule has 0 unspecified atom stereocenters. The molecule has 2 aromatic carbocycles. The Morgan fingerprint density at radius 1 is 0.950 bits per heavy atom. The van der Waals surface area contributed by atoms with E-state index in [0.29, 0.717) is 17.4 Å². The van der Waals surface area contributed by atoms with Crippen LogP contribution in [0.15, 0.2) is 47.0 Å². The van der Waals surface area contributed by atoms with Gasteiger partial charge >= 0.3 is 0 Å². The summed E-state index contributed by atoms with van der Waals surface area (Å²) in [5.41, 5.74) is 10.7. The average molecular weight is 265 g/mol. The zero-order valence-corrected chi connectivity index (χ0v) is 11.4. The lowest BCUT2D eigenvalue weighted by Crippen LogP contribution is -1.86. The molecule has 0 spiro atoms. The molecule has 3 aromatic rings. The second-order valence-corrected chi connectivity index (χ2v) is 4.85. The lowest BCUT2D eigenvalue weighted by molar-refractivity contribution is 0.432. The molecule has 0 fully saturated rings. The summed E-state index contributed by atoms with van der Waals surface area (Å²) in [5.74, 6) is 1.07. The molecule has 3 rings (SSSR count). The van der Waals surface area contributed by atoms with Crippen LogP contribution in [0.25, 0.3) is 22.8 Å². The van der Waals surface area contributed by atoms with Crippen LogP contribution in [0.3, 0.4) is 0 Å². The Kier molecular flexibility index (Phi) is 2.99. The van der Waals surface area contributed by atoms with Crippen LogP contribution >= 0.6 is 0 Å². The maximum atomic E-state index is 5.76. The molecule has 0 amide bonds. The van der Waals surface area contributed by atoms with Crippen LogP contribution in [-0.2, 0) is 0 Å². The minimum atomic E-state index is 0.477. The van der Waals surface area contributed by atoms with Gasteiger partial charge in [-0.05, 0) is 49.2 Å². The third-order valence-electron chi connectivity index (χ3n) is 3.32. The second kappa shape index (κ2) is 4.81. The van der Waals surface area contributed by atoms with E-state index in [-0.39, 0.29) is 0 Å². The van der Waals surface area contributed by atoms with E-state index >= 15 is 0 Å². The normalized spacial score (nSPS) is 10.7. The maximum Gasteiger partial charge on any atom is 0.258 e. The number of hydrogen-bond acceptors (Lipinski definition) is 4. The smallest absolute Gasteiger partial charge is 0.258 e. The monoisotopic (exact) mass is 265 g/mol. The van der Waals surface area contributed by atoms with Crippen LogP contribution in [0.4, 0.5) is 5.69 Å². The predicted molar refractivity (Wildman–Crippen MR) is 79.1 cm³/mol. The molecule has 20 heavy (non-hydrogen) atoms. The van der Waals surface area contributed by atoms with Crippen molar-refractivity contribution >= 4 is 5.69 Å². The molecule has 1 heterocycles. The fourth-order valence-electron chi connectivity index (χ4n) is 2.01. The van der Waals surface area contributed by atoms with Gasteiger partial charge in [-0.15, -0.1) is 0 Å². The van der Waals surface area contributed by atoms with Crippen LogP contribution in [0.1, 0.15) is 11.1 Å². The van der Waals surface area contributed by atoms with Crippen molar-refractivity contribution in [1.29, 1.82) is 0 Å². The molecule has 2 N–H and O–H groups in total. The summed E-state index contributed by atoms with van der Waals surface area (Å²) in [4.78, 5) is 4.43. The van der Waals surface area contributed by atoms with Crippen LogP contribution < -0.4 is 5.73 Å². The van der Waals surface area contributed by atoms with E-state index in [1.54, 1.807) is 0 Å². The van der Waals surface area contributed by atoms with Crippen molar-refractivity contribution in [2.75, 3.05) is 5.73 Å². The fraction of sp³-hybridized carbons (Fsp3) is 0.125. The molecular weight excluding hydrogens is 250 g/mol. The number of aryl methyl sites for hydroxylation is 2. The van der Waals surface area contributed by atoms with E-state index in [1.165, 1.54) is 11.1 Å². The lowest BCUT2D eigenvalue weighted by Gasteiger charge is -2.00. The second-order valence-electron chi connectivity index (χ2n) is 4.85. The highest BCUT2D eigenvalue weighted by atomic mass is 16.5. The number of nitrogen functional groups attached to an aromatic ring is 1. The van der Waals surface area contributed by atoms with Crippen molar-refractivity contribution in [2.24, 2.45) is 0 Å². The van der Waals surface area contributed by atoms with Crippen molar-refractivity contribution in [3.8, 4) is 22.8 Å². The summed E-state index contributed by atoms with van der Waals surface area (Å²) >= 11 is 0. The maximum absolute atomic E-state index is 5.76. The first-order valence-electron chi connectivity index (χ1n) is 6.41. The molecule has 4 heteroatoms. The van der Waals surface area contributed by atoms with Gasteiger partial charge in [-0.25, -0.2) is 0 Å². The average Bonchev–Trinajstić information content (AvgIpc) is 2.92. The van der Waals surface area contributed by atoms with Gasteiger partial charge in [0.2, 0.25) is 5.82 Å². The van der Waals surface area contributed by atoms with Gasteiger partial charge in [0.05, 0.1) is 0 Å². The molecule has 4 nitrogen and oxygen atoms in total. The first-order valence-corrected chi connectivity index (χ1v) is 6.41. The summed E-state index contributed by atoms with van der Waals surface area (Å²) in [6.07, 6.45) is 0. The van der Waals surface area contributed by atoms with Crippen LogP contribution in [0, 0.1) is 13.8 Å². The Balaban J connectivity index is 1.99. The van der Waals surface area contributed by atoms with Gasteiger partial charge in [-0.2, -0.15) is 4.98 Å². The number of rotatable bonds is 2. The largest absolute Gasteiger partial charge is 0.399 e. The van der Waals surface area contributed by atoms with E-state index in [4.69, 9.17) is 10.3 Å². The highest BCUT2D eigenvalue weighted by Crippen LogP contribution is 2.24. The van der Waals surface area contributed by atoms with Gasteiger partial charge < -0.3 is 10.3 Å². The topological polar surface area (TPSA) is 64.9 Å². The van der Waals surface area contributed by atoms with Crippen molar-refractivity contribution in [1.82, 2.24) is 10.1 Å². The van der Waals surface area contributed by atoms with Gasteiger partial charge in [0.1, 0.15) is 0 Å². The van der Waals surface area contributed by atoms with Gasteiger partial charge in [-0.3, -0.25) is 0 Å². The molecule has 0 aliphatic heterocycles. The Morgan fingerprint density at radius 3 is 2.55 bits per heavy atom. The third kappa shape index (κ3) is 2.28. The Hall–Kier alpha value is -2.62. The minimum Gasteiger partial charge on any atom is -0.399 e. The van der Waals surface area contributed by atoms with E-state index < -0.39 is 0 Å². The predicted octanol–water partition coefficient (Wildman–Crippen LogP) is 3.60. The van der Waals surface area contributed by atoms with Crippen LogP contribution in [0.5, 0.6) is 0 Å². The van der Waals surface area contributed by atoms with E-state index in [1.807, 2.05) is 30.3 Å². The summed E-state index contributed by atoms with van der Waals surface area (Å²) in [7, 11) is 0. The van der Waals surface area contributed by atoms with Gasteiger partial charge in [-0.1, -0.05) is 23.4 Å². The molecule has 1 aromatic heterocycles. The molecule has 0 atom stereocenters. The number of benzene rings is 2. The van der Waals surface area contributed by atoms with Crippen molar-refractivity contribution < 1.29 is 4.52 Å². The molecule has 0 saturated heterocycles. The SMILES string of the molecule is Cc1ccc(-c2noc(-c3cccc(N)c3)n2)cc1C. The summed E-state index contributed by atoms with van der Waals surface area (Å²) in [5, 5.41) is 4.04. The number of nitrogens with zero attached hydrogens (tertiary/aromatic N) is 2. The molecule has 0 aliphatic rings. The summed E-state index contributed by atoms with van der Waals surface area (Å²) < 4.78 is 5.31. The van der Waals surface area contributed by atoms with Crippen molar-refractivity contribution in [2.45, 2.75) is 13.8 Å². The first kappa shape index (κ1) is 12.4. The molecular formula is C16H15N3O. The van der Waals surface area contributed by atoms with E-state index in [2.05, 4.69) is 36.1 Å². The Morgan fingerprint density at radius 2 is 1.80 bits per heavy atom. The summed E-state index contributed by atoms with van der Waals surface area (Å²) in [6, 6.07) is 13.5. The van der Waals surface area contributed by atoms with Crippen LogP contribution in [-0.4, -0.2) is 10.1 Å². The molecule has 0 aliphatic carbocycles.